The number of nitrogen functional groups attached to an aromatic ring is 1. The van der Waals surface area contributed by atoms with E-state index >= 15 is 4.39 Å². The number of fused-ring (bicyclic) bond motifs is 2. The van der Waals surface area contributed by atoms with E-state index in [1.54, 1.807) is 24.8 Å². The first-order valence-electron chi connectivity index (χ1n) is 16.1. The predicted octanol–water partition coefficient (Wildman–Crippen LogP) is 4.53. The first-order chi connectivity index (χ1) is 22.5. The van der Waals surface area contributed by atoms with E-state index in [2.05, 4.69) is 36.1 Å². The van der Waals surface area contributed by atoms with Crippen LogP contribution in [0.3, 0.4) is 0 Å². The minimum atomic E-state index is -0.867. The SMILES string of the molecule is Cc1cc(N)c(F)c(C2CC3=C(CO2)C(N2CCCn4nc(C(=O)N(C)C)c(Cl)c4C2)=NC(OC[C@@]24CCCN2C[C@H](F)C4)N3)c1Br. The quantitative estimate of drug-likeness (QED) is 0.431. The number of halogens is 4. The van der Waals surface area contributed by atoms with E-state index in [0.29, 0.717) is 66.5 Å². The van der Waals surface area contributed by atoms with Crippen molar-refractivity contribution in [2.45, 2.75) is 76.3 Å². The number of carbonyl (C=O) groups is 1. The topological polar surface area (TPSA) is 113 Å². The largest absolute Gasteiger partial charge is 0.396 e. The lowest BCUT2D eigenvalue weighted by atomic mass is 9.94. The molecular formula is C32H40BrClF2N8O3. The number of rotatable bonds is 5. The van der Waals surface area contributed by atoms with E-state index in [1.807, 2.05) is 6.92 Å². The molecule has 15 heteroatoms. The lowest BCUT2D eigenvalue weighted by Crippen LogP contribution is -2.48. The van der Waals surface area contributed by atoms with Crippen molar-refractivity contribution in [1.82, 2.24) is 29.8 Å². The van der Waals surface area contributed by atoms with E-state index in [-0.39, 0.29) is 29.4 Å². The van der Waals surface area contributed by atoms with Gasteiger partial charge < -0.3 is 30.3 Å². The molecule has 3 N–H and O–H groups in total. The van der Waals surface area contributed by atoms with Crippen molar-refractivity contribution in [3.05, 3.63) is 55.2 Å². The number of aromatic nitrogens is 2. The van der Waals surface area contributed by atoms with Gasteiger partial charge in [-0.3, -0.25) is 14.4 Å². The minimum absolute atomic E-state index is 0.0671. The summed E-state index contributed by atoms with van der Waals surface area (Å²) in [5, 5.41) is 8.35. The summed E-state index contributed by atoms with van der Waals surface area (Å²) in [4.78, 5) is 23.7. The number of nitrogens with two attached hydrogens (primary N) is 1. The molecule has 7 rings (SSSR count). The third kappa shape index (κ3) is 5.83. The number of nitrogens with zero attached hydrogens (tertiary/aromatic N) is 6. The van der Waals surface area contributed by atoms with Crippen molar-refractivity contribution >= 4 is 45.0 Å². The van der Waals surface area contributed by atoms with Crippen LogP contribution in [0, 0.1) is 12.7 Å². The number of hydrogen-bond donors (Lipinski definition) is 2. The number of amidine groups is 1. The second-order valence-electron chi connectivity index (χ2n) is 13.4. The molecule has 2 saturated heterocycles. The van der Waals surface area contributed by atoms with Crippen molar-refractivity contribution in [3.8, 4) is 0 Å². The maximum atomic E-state index is 15.5. The van der Waals surface area contributed by atoms with Crippen LogP contribution in [-0.4, -0.2) is 101 Å². The highest BCUT2D eigenvalue weighted by Gasteiger charge is 2.49. The van der Waals surface area contributed by atoms with Crippen LogP contribution in [0.4, 0.5) is 14.5 Å². The lowest BCUT2D eigenvalue weighted by Gasteiger charge is -2.39. The molecule has 0 saturated carbocycles. The molecule has 254 valence electrons. The summed E-state index contributed by atoms with van der Waals surface area (Å²) < 4.78 is 45.3. The molecule has 2 unspecified atom stereocenters. The van der Waals surface area contributed by atoms with E-state index < -0.39 is 24.4 Å². The average molecular weight is 738 g/mol. The van der Waals surface area contributed by atoms with E-state index in [4.69, 9.17) is 31.8 Å². The molecular weight excluding hydrogens is 698 g/mol. The fourth-order valence-electron chi connectivity index (χ4n) is 7.69. The first kappa shape index (κ1) is 32.8. The highest BCUT2D eigenvalue weighted by atomic mass is 79.9. The Balaban J connectivity index is 1.22. The number of amides is 1. The van der Waals surface area contributed by atoms with Crippen LogP contribution in [0.1, 0.15) is 65.5 Å². The van der Waals surface area contributed by atoms with E-state index in [9.17, 15) is 9.18 Å². The fourth-order valence-corrected chi connectivity index (χ4v) is 8.51. The van der Waals surface area contributed by atoms with Crippen molar-refractivity contribution in [2.24, 2.45) is 4.99 Å². The van der Waals surface area contributed by atoms with Gasteiger partial charge in [-0.15, -0.1) is 0 Å². The van der Waals surface area contributed by atoms with E-state index in [0.717, 1.165) is 48.3 Å². The van der Waals surface area contributed by atoms with Crippen LogP contribution >= 0.6 is 27.5 Å². The normalized spacial score (nSPS) is 27.6. The van der Waals surface area contributed by atoms with Crippen molar-refractivity contribution in [1.29, 1.82) is 0 Å². The van der Waals surface area contributed by atoms with Gasteiger partial charge in [0.05, 0.1) is 42.3 Å². The number of benzene rings is 1. The molecule has 2 fully saturated rings. The highest BCUT2D eigenvalue weighted by molar-refractivity contribution is 9.10. The molecule has 0 aliphatic carbocycles. The molecule has 1 aromatic heterocycles. The molecule has 0 bridgehead atoms. The number of anilines is 1. The Hall–Kier alpha value is -2.78. The van der Waals surface area contributed by atoms with Crippen LogP contribution in [0.5, 0.6) is 0 Å². The number of aliphatic imine (C=N–C) groups is 1. The Bertz CT molecular complexity index is 1640. The number of aryl methyl sites for hydroxylation is 2. The van der Waals surface area contributed by atoms with Crippen LogP contribution in [0.25, 0.3) is 0 Å². The zero-order chi connectivity index (χ0) is 33.2. The van der Waals surface area contributed by atoms with Gasteiger partial charge in [0.1, 0.15) is 12.0 Å². The second-order valence-corrected chi connectivity index (χ2v) is 14.6. The third-order valence-electron chi connectivity index (χ3n) is 10.1. The Morgan fingerprint density at radius 1 is 1.32 bits per heavy atom. The van der Waals surface area contributed by atoms with Gasteiger partial charge in [-0.2, -0.15) is 5.10 Å². The smallest absolute Gasteiger partial charge is 0.275 e. The zero-order valence-corrected chi connectivity index (χ0v) is 29.1. The molecule has 2 aromatic rings. The summed E-state index contributed by atoms with van der Waals surface area (Å²) in [6, 6.07) is 1.60. The summed E-state index contributed by atoms with van der Waals surface area (Å²) in [5.74, 6) is -0.0772. The molecule has 0 spiro atoms. The summed E-state index contributed by atoms with van der Waals surface area (Å²) in [5.41, 5.74) is 9.58. The number of ether oxygens (including phenoxy) is 2. The van der Waals surface area contributed by atoms with Crippen molar-refractivity contribution < 1.29 is 23.0 Å². The molecule has 4 atom stereocenters. The number of nitrogens with one attached hydrogen (secondary N) is 1. The fraction of sp³-hybridized carbons (Fsp3) is 0.594. The number of alkyl halides is 1. The predicted molar refractivity (Wildman–Crippen MR) is 177 cm³/mol. The molecule has 47 heavy (non-hydrogen) atoms. The monoisotopic (exact) mass is 736 g/mol. The van der Waals surface area contributed by atoms with Gasteiger partial charge in [0.25, 0.3) is 5.91 Å². The van der Waals surface area contributed by atoms with Gasteiger partial charge in [-0.25, -0.2) is 13.8 Å². The maximum absolute atomic E-state index is 15.5. The standard InChI is InChI=1S/C32H40BrClF2N8O3/c1-17-10-20(37)27(36)24(25(17)33)23-11-21-19(15-46-23)29(39-31(38-21)47-16-32-6-4-8-43(32)13-18(35)12-32)42-7-5-9-44-22(14-42)26(34)28(40-44)30(45)41(2)3/h10,18,23,31,38H,4-9,11-16,37H2,1-3H3/t18-,23?,31?,32+/m1/s1. The Kier molecular flexibility index (Phi) is 8.77. The van der Waals surface area contributed by atoms with Gasteiger partial charge >= 0.3 is 0 Å². The molecule has 1 amide bonds. The van der Waals surface area contributed by atoms with Gasteiger partial charge in [0.2, 0.25) is 6.35 Å². The maximum Gasteiger partial charge on any atom is 0.275 e. The average Bonchev–Trinajstić information content (AvgIpc) is 3.60. The summed E-state index contributed by atoms with van der Waals surface area (Å²) in [6.07, 6.45) is 1.19. The van der Waals surface area contributed by atoms with Crippen LogP contribution in [0.15, 0.2) is 26.8 Å². The molecule has 11 nitrogen and oxygen atoms in total. The number of hydrogen-bond acceptors (Lipinski definition) is 9. The summed E-state index contributed by atoms with van der Waals surface area (Å²) >= 11 is 10.4. The van der Waals surface area contributed by atoms with E-state index in [1.165, 1.54) is 4.90 Å². The van der Waals surface area contributed by atoms with Crippen LogP contribution in [-0.2, 0) is 22.6 Å². The lowest BCUT2D eigenvalue weighted by molar-refractivity contribution is -0.0253. The molecule has 1 aromatic carbocycles. The molecule has 5 aliphatic heterocycles. The Labute approximate surface area is 286 Å². The minimum Gasteiger partial charge on any atom is -0.396 e. The van der Waals surface area contributed by atoms with Gasteiger partial charge in [0, 0.05) is 73.4 Å². The molecule has 0 radical (unpaired) electrons. The third-order valence-corrected chi connectivity index (χ3v) is 11.5. The zero-order valence-electron chi connectivity index (χ0n) is 26.8. The Morgan fingerprint density at radius 3 is 2.91 bits per heavy atom. The number of carbonyl (C=O) groups excluding carboxylic acids is 1. The second kappa shape index (κ2) is 12.6. The highest BCUT2D eigenvalue weighted by Crippen LogP contribution is 2.43. The van der Waals surface area contributed by atoms with Gasteiger partial charge in [0.15, 0.2) is 11.5 Å². The summed E-state index contributed by atoms with van der Waals surface area (Å²) in [7, 11) is 3.34. The van der Waals surface area contributed by atoms with Crippen molar-refractivity contribution in [2.75, 3.05) is 52.7 Å². The summed E-state index contributed by atoms with van der Waals surface area (Å²) in [6.45, 7) is 5.30. The Morgan fingerprint density at radius 2 is 2.13 bits per heavy atom. The first-order valence-corrected chi connectivity index (χ1v) is 17.3. The molecule has 6 heterocycles. The van der Waals surface area contributed by atoms with Crippen LogP contribution in [0.2, 0.25) is 5.02 Å². The van der Waals surface area contributed by atoms with Crippen molar-refractivity contribution in [3.63, 3.8) is 0 Å². The van der Waals surface area contributed by atoms with Gasteiger partial charge in [-0.1, -0.05) is 27.5 Å². The van der Waals surface area contributed by atoms with Gasteiger partial charge in [-0.05, 0) is 44.4 Å². The molecule has 5 aliphatic rings. The van der Waals surface area contributed by atoms with Crippen LogP contribution < -0.4 is 11.1 Å².